The van der Waals surface area contributed by atoms with Crippen LogP contribution in [0.4, 0.5) is 5.82 Å². The fourth-order valence-electron chi connectivity index (χ4n) is 4.06. The third kappa shape index (κ3) is 6.52. The van der Waals surface area contributed by atoms with E-state index in [1.54, 1.807) is 32.2 Å². The summed E-state index contributed by atoms with van der Waals surface area (Å²) >= 11 is 0. The van der Waals surface area contributed by atoms with Gasteiger partial charge in [-0.15, -0.1) is 0 Å². The summed E-state index contributed by atoms with van der Waals surface area (Å²) in [6.45, 7) is 2.39. The number of ether oxygens (including phenoxy) is 2. The van der Waals surface area contributed by atoms with Crippen LogP contribution in [0.5, 0.6) is 0 Å². The number of fused-ring (bicyclic) bond motifs is 1. The van der Waals surface area contributed by atoms with Crippen LogP contribution in [0.15, 0.2) is 12.7 Å². The van der Waals surface area contributed by atoms with Gasteiger partial charge in [0.1, 0.15) is 24.2 Å². The van der Waals surface area contributed by atoms with Gasteiger partial charge < -0.3 is 33.8 Å². The Morgan fingerprint density at radius 2 is 1.94 bits per heavy atom. The topological polar surface area (TPSA) is 162 Å². The van der Waals surface area contributed by atoms with Gasteiger partial charge in [-0.25, -0.2) is 15.0 Å². The van der Waals surface area contributed by atoms with E-state index in [0.717, 1.165) is 0 Å². The predicted molar refractivity (Wildman–Crippen MR) is 127 cm³/mol. The first kappa shape index (κ1) is 26.9. The molecule has 194 valence electrons. The molecule has 0 aliphatic carbocycles. The van der Waals surface area contributed by atoms with E-state index in [2.05, 4.69) is 20.3 Å². The molecule has 1 amide bonds. The Balaban J connectivity index is 1.44. The maximum atomic E-state index is 12.4. The largest absolute Gasteiger partial charge is 0.500 e. The van der Waals surface area contributed by atoms with Crippen molar-refractivity contribution in [1.29, 1.82) is 0 Å². The number of anilines is 1. The maximum Gasteiger partial charge on any atom is 0.500 e. The molecule has 1 aliphatic rings. The number of carbonyl (C=O) groups is 2. The van der Waals surface area contributed by atoms with E-state index in [0.29, 0.717) is 43.0 Å². The molecule has 14 heteroatoms. The zero-order valence-electron chi connectivity index (χ0n) is 20.6. The van der Waals surface area contributed by atoms with Gasteiger partial charge in [-0.1, -0.05) is 6.92 Å². The second-order valence-corrected chi connectivity index (χ2v) is 11.2. The lowest BCUT2D eigenvalue weighted by Crippen LogP contribution is -2.43. The molecule has 1 aliphatic heterocycles. The molecule has 2 aromatic rings. The zero-order valence-corrected chi connectivity index (χ0v) is 21.6. The molecule has 13 nitrogen and oxygen atoms in total. The Morgan fingerprint density at radius 1 is 1.20 bits per heavy atom. The van der Waals surface area contributed by atoms with Crippen LogP contribution in [-0.4, -0.2) is 80.3 Å². The summed E-state index contributed by atoms with van der Waals surface area (Å²) in [7, 11) is 1.99. The normalized spacial score (nSPS) is 20.3. The van der Waals surface area contributed by atoms with Gasteiger partial charge in [0.2, 0.25) is 5.91 Å². The van der Waals surface area contributed by atoms with E-state index >= 15 is 0 Å². The van der Waals surface area contributed by atoms with Crippen LogP contribution in [0.2, 0.25) is 6.04 Å². The van der Waals surface area contributed by atoms with Gasteiger partial charge in [0.25, 0.3) is 0 Å². The number of carbonyl (C=O) groups excluding carboxylic acids is 2. The first-order chi connectivity index (χ1) is 16.9. The first-order valence-corrected chi connectivity index (χ1v) is 13.5. The summed E-state index contributed by atoms with van der Waals surface area (Å²) in [4.78, 5) is 37.0. The molecule has 35 heavy (non-hydrogen) atoms. The fourth-order valence-corrected chi connectivity index (χ4v) is 5.78. The molecular weight excluding hydrogens is 476 g/mol. The second-order valence-electron chi connectivity index (χ2n) is 8.13. The van der Waals surface area contributed by atoms with Crippen molar-refractivity contribution in [2.45, 2.75) is 63.5 Å². The van der Waals surface area contributed by atoms with Crippen molar-refractivity contribution < 1.29 is 32.3 Å². The van der Waals surface area contributed by atoms with Crippen molar-refractivity contribution in [1.82, 2.24) is 24.8 Å². The third-order valence-electron chi connectivity index (χ3n) is 6.03. The van der Waals surface area contributed by atoms with Crippen LogP contribution in [0, 0.1) is 0 Å². The number of hydrogen-bond donors (Lipinski definition) is 2. The Morgan fingerprint density at radius 3 is 2.63 bits per heavy atom. The fraction of sp³-hybridized carbons (Fsp3) is 0.667. The number of esters is 1. The van der Waals surface area contributed by atoms with Crippen LogP contribution < -0.4 is 11.1 Å². The quantitative estimate of drug-likeness (QED) is 0.226. The van der Waals surface area contributed by atoms with Crippen molar-refractivity contribution in [2.75, 3.05) is 33.6 Å². The number of nitrogens with one attached hydrogen (secondary N) is 1. The molecular formula is C21H34N6O7Si. The first-order valence-electron chi connectivity index (χ1n) is 11.6. The lowest BCUT2D eigenvalue weighted by atomic mass is 10.1. The van der Waals surface area contributed by atoms with Gasteiger partial charge in [-0.2, -0.15) is 0 Å². The smallest absolute Gasteiger partial charge is 0.459 e. The molecule has 2 aromatic heterocycles. The van der Waals surface area contributed by atoms with Gasteiger partial charge in [-0.3, -0.25) is 14.2 Å². The van der Waals surface area contributed by atoms with Crippen LogP contribution in [-0.2, 0) is 32.3 Å². The van der Waals surface area contributed by atoms with E-state index in [1.165, 1.54) is 6.33 Å². The Labute approximate surface area is 205 Å². The van der Waals surface area contributed by atoms with Gasteiger partial charge in [0.05, 0.1) is 18.9 Å². The number of nitrogen functional groups attached to an aromatic ring is 1. The highest BCUT2D eigenvalue weighted by atomic mass is 28.4. The number of hydrogen-bond acceptors (Lipinski definition) is 11. The average Bonchev–Trinajstić information content (AvgIpc) is 3.48. The van der Waals surface area contributed by atoms with Crippen LogP contribution >= 0.6 is 0 Å². The highest BCUT2D eigenvalue weighted by molar-refractivity contribution is 6.60. The maximum absolute atomic E-state index is 12.4. The van der Waals surface area contributed by atoms with E-state index in [1.807, 2.05) is 6.92 Å². The van der Waals surface area contributed by atoms with Crippen LogP contribution in [0.3, 0.4) is 0 Å². The van der Waals surface area contributed by atoms with Crippen LogP contribution in [0.25, 0.3) is 11.2 Å². The van der Waals surface area contributed by atoms with Crippen molar-refractivity contribution in [2.24, 2.45) is 0 Å². The number of aromatic nitrogens is 4. The number of nitrogens with zero attached hydrogens (tertiary/aromatic N) is 4. The Bertz CT molecular complexity index is 993. The van der Waals surface area contributed by atoms with E-state index in [9.17, 15) is 9.59 Å². The molecule has 0 unspecified atom stereocenters. The average molecular weight is 511 g/mol. The molecule has 3 atom stereocenters. The van der Waals surface area contributed by atoms with Crippen molar-refractivity contribution in [3.8, 4) is 0 Å². The van der Waals surface area contributed by atoms with Crippen molar-refractivity contribution in [3.63, 3.8) is 0 Å². The summed E-state index contributed by atoms with van der Waals surface area (Å²) in [6.07, 6.45) is 3.61. The Hall–Kier alpha value is -2.65. The summed E-state index contributed by atoms with van der Waals surface area (Å²) in [6, 6.07) is 0.574. The summed E-state index contributed by atoms with van der Waals surface area (Å²) in [5.74, 6) is -0.381. The molecule has 3 rings (SSSR count). The lowest BCUT2D eigenvalue weighted by Gasteiger charge is -2.24. The second kappa shape index (κ2) is 12.4. The number of rotatable bonds is 13. The molecule has 1 saturated heterocycles. The minimum absolute atomic E-state index is 0.0197. The number of amides is 1. The SMILES string of the molecule is CC[C@H]1O[C@@H](n2cnc3c(N)ncnc32)C[C@H]1OC(=O)CCC(=O)NCCC[Si](OC)(OC)OC. The van der Waals surface area contributed by atoms with E-state index in [4.69, 9.17) is 28.5 Å². The molecule has 0 radical (unpaired) electrons. The van der Waals surface area contributed by atoms with E-state index < -0.39 is 27.1 Å². The molecule has 0 bridgehead atoms. The number of nitrogens with two attached hydrogens (primary N) is 1. The van der Waals surface area contributed by atoms with E-state index in [-0.39, 0.29) is 30.7 Å². The third-order valence-corrected chi connectivity index (χ3v) is 8.87. The molecule has 1 fully saturated rings. The van der Waals surface area contributed by atoms with Gasteiger partial charge in [-0.05, 0) is 12.8 Å². The molecule has 3 heterocycles. The molecule has 0 saturated carbocycles. The van der Waals surface area contributed by atoms with Crippen LogP contribution in [0.1, 0.15) is 45.3 Å². The highest BCUT2D eigenvalue weighted by Gasteiger charge is 2.39. The van der Waals surface area contributed by atoms with Gasteiger partial charge in [0, 0.05) is 46.8 Å². The highest BCUT2D eigenvalue weighted by Crippen LogP contribution is 2.34. The minimum atomic E-state index is -2.66. The minimum Gasteiger partial charge on any atom is -0.459 e. The summed E-state index contributed by atoms with van der Waals surface area (Å²) in [5.41, 5.74) is 6.92. The summed E-state index contributed by atoms with van der Waals surface area (Å²) < 4.78 is 29.6. The molecule has 0 aromatic carbocycles. The number of imidazole rings is 1. The standard InChI is InChI=1S/C21H34N6O7Si/c1-5-14-15(11-17(33-14)27-13-26-19-20(22)24-12-25-21(19)27)34-18(29)8-7-16(28)23-9-6-10-35(30-2,31-3)32-4/h12-15,17H,5-11H2,1-4H3,(H,23,28)(H2,22,24,25)/t14-,15-,17-/m1/s1. The Kier molecular flexibility index (Phi) is 9.51. The molecule has 0 spiro atoms. The zero-order chi connectivity index (χ0) is 25.4. The molecule has 3 N–H and O–H groups in total. The monoisotopic (exact) mass is 510 g/mol. The van der Waals surface area contributed by atoms with Crippen molar-refractivity contribution >= 4 is 37.7 Å². The summed E-state index contributed by atoms with van der Waals surface area (Å²) in [5, 5.41) is 2.80. The van der Waals surface area contributed by atoms with Gasteiger partial charge >= 0.3 is 14.8 Å². The predicted octanol–water partition coefficient (Wildman–Crippen LogP) is 1.18. The van der Waals surface area contributed by atoms with Crippen molar-refractivity contribution in [3.05, 3.63) is 12.7 Å². The van der Waals surface area contributed by atoms with Gasteiger partial charge in [0.15, 0.2) is 11.5 Å². The lowest BCUT2D eigenvalue weighted by molar-refractivity contribution is -0.153.